The molecule has 2 heterocycles. The van der Waals surface area contributed by atoms with Crippen LogP contribution in [0.3, 0.4) is 0 Å². The second-order valence-electron chi connectivity index (χ2n) is 3.28. The van der Waals surface area contributed by atoms with E-state index in [4.69, 9.17) is 22.7 Å². The molecule has 0 amide bonds. The number of ether oxygens (including phenoxy) is 1. The zero-order valence-electron chi connectivity index (χ0n) is 9.00. The van der Waals surface area contributed by atoms with Gasteiger partial charge in [-0.15, -0.1) is 11.3 Å². The number of thiophene rings is 1. The van der Waals surface area contributed by atoms with Gasteiger partial charge in [0.1, 0.15) is 10.7 Å². The highest BCUT2D eigenvalue weighted by molar-refractivity contribution is 7.80. The fourth-order valence-corrected chi connectivity index (χ4v) is 2.02. The van der Waals surface area contributed by atoms with Crippen LogP contribution >= 0.6 is 23.6 Å². The molecule has 0 atom stereocenters. The van der Waals surface area contributed by atoms with Gasteiger partial charge in [0.15, 0.2) is 0 Å². The first kappa shape index (κ1) is 11.9. The Morgan fingerprint density at radius 1 is 1.41 bits per heavy atom. The molecule has 0 aliphatic heterocycles. The highest BCUT2D eigenvalue weighted by Crippen LogP contribution is 2.10. The van der Waals surface area contributed by atoms with Crippen molar-refractivity contribution in [3.05, 3.63) is 40.5 Å². The van der Waals surface area contributed by atoms with E-state index in [1.807, 2.05) is 11.4 Å². The van der Waals surface area contributed by atoms with Gasteiger partial charge in [-0.25, -0.2) is 9.97 Å². The van der Waals surface area contributed by atoms with Gasteiger partial charge in [-0.05, 0) is 11.4 Å². The summed E-state index contributed by atoms with van der Waals surface area (Å²) in [5.74, 6) is 0.488. The van der Waals surface area contributed by atoms with Crippen LogP contribution in [0, 0.1) is 0 Å². The van der Waals surface area contributed by atoms with Crippen LogP contribution in [0.25, 0.3) is 0 Å². The summed E-state index contributed by atoms with van der Waals surface area (Å²) >= 11 is 6.50. The van der Waals surface area contributed by atoms with Crippen LogP contribution in [0.4, 0.5) is 0 Å². The van der Waals surface area contributed by atoms with E-state index in [2.05, 4.69) is 16.0 Å². The first-order chi connectivity index (χ1) is 8.25. The minimum Gasteiger partial charge on any atom is -0.476 e. The first-order valence-electron chi connectivity index (χ1n) is 5.03. The van der Waals surface area contributed by atoms with Gasteiger partial charge in [0.25, 0.3) is 0 Å². The normalized spacial score (nSPS) is 10.1. The first-order valence-corrected chi connectivity index (χ1v) is 6.31. The Hall–Kier alpha value is -1.53. The lowest BCUT2D eigenvalue weighted by Gasteiger charge is -2.04. The van der Waals surface area contributed by atoms with Crippen molar-refractivity contribution in [2.75, 3.05) is 6.61 Å². The second-order valence-corrected chi connectivity index (χ2v) is 4.75. The van der Waals surface area contributed by atoms with Crippen LogP contribution in [0.5, 0.6) is 5.88 Å². The van der Waals surface area contributed by atoms with Crippen molar-refractivity contribution in [1.82, 2.24) is 9.97 Å². The van der Waals surface area contributed by atoms with Gasteiger partial charge in [0.05, 0.1) is 19.0 Å². The van der Waals surface area contributed by atoms with Crippen molar-refractivity contribution in [3.8, 4) is 5.88 Å². The molecule has 0 fully saturated rings. The molecule has 0 saturated heterocycles. The SMILES string of the molecule is NC(=S)c1cnc(OCCc2cccs2)cn1. The topological polar surface area (TPSA) is 61.0 Å². The number of hydrogen-bond acceptors (Lipinski definition) is 5. The van der Waals surface area contributed by atoms with Crippen LogP contribution in [-0.2, 0) is 6.42 Å². The third kappa shape index (κ3) is 3.47. The molecule has 0 aliphatic rings. The second kappa shape index (κ2) is 5.70. The molecule has 88 valence electrons. The summed E-state index contributed by atoms with van der Waals surface area (Å²) in [6, 6.07) is 4.10. The molecular formula is C11H11N3OS2. The lowest BCUT2D eigenvalue weighted by Crippen LogP contribution is -2.12. The van der Waals surface area contributed by atoms with Crippen molar-refractivity contribution in [3.63, 3.8) is 0 Å². The third-order valence-corrected chi connectivity index (χ3v) is 3.20. The van der Waals surface area contributed by atoms with E-state index in [9.17, 15) is 0 Å². The zero-order valence-corrected chi connectivity index (χ0v) is 10.6. The van der Waals surface area contributed by atoms with Gasteiger partial charge >= 0.3 is 0 Å². The molecule has 0 aliphatic carbocycles. The predicted octanol–water partition coefficient (Wildman–Crippen LogP) is 1.79. The molecular weight excluding hydrogens is 254 g/mol. The number of thiocarbonyl (C=S) groups is 1. The Balaban J connectivity index is 1.85. The van der Waals surface area contributed by atoms with Crippen molar-refractivity contribution in [1.29, 1.82) is 0 Å². The molecule has 2 aromatic rings. The maximum atomic E-state index is 5.46. The standard InChI is InChI=1S/C11H11N3OS2/c12-11(16)9-6-14-10(7-13-9)15-4-3-8-2-1-5-17-8/h1-2,5-7H,3-4H2,(H2,12,16). The predicted molar refractivity (Wildman–Crippen MR) is 71.4 cm³/mol. The number of hydrogen-bond donors (Lipinski definition) is 1. The molecule has 4 nitrogen and oxygen atoms in total. The highest BCUT2D eigenvalue weighted by Gasteiger charge is 2.01. The third-order valence-electron chi connectivity index (χ3n) is 2.06. The monoisotopic (exact) mass is 265 g/mol. The summed E-state index contributed by atoms with van der Waals surface area (Å²) in [5, 5.41) is 2.05. The van der Waals surface area contributed by atoms with Gasteiger partial charge in [-0.1, -0.05) is 18.3 Å². The number of aromatic nitrogens is 2. The minimum atomic E-state index is 0.239. The number of nitrogens with two attached hydrogens (primary N) is 1. The average molecular weight is 265 g/mol. The lowest BCUT2D eigenvalue weighted by molar-refractivity contribution is 0.309. The lowest BCUT2D eigenvalue weighted by atomic mass is 10.4. The molecule has 0 saturated carbocycles. The molecule has 0 radical (unpaired) electrons. The molecule has 17 heavy (non-hydrogen) atoms. The summed E-state index contributed by atoms with van der Waals surface area (Å²) < 4.78 is 5.46. The number of rotatable bonds is 5. The summed E-state index contributed by atoms with van der Waals surface area (Å²) in [5.41, 5.74) is 5.92. The van der Waals surface area contributed by atoms with E-state index in [0.29, 0.717) is 18.2 Å². The Morgan fingerprint density at radius 2 is 2.29 bits per heavy atom. The highest BCUT2D eigenvalue weighted by atomic mass is 32.1. The van der Waals surface area contributed by atoms with Crippen LogP contribution < -0.4 is 10.5 Å². The van der Waals surface area contributed by atoms with Crippen molar-refractivity contribution < 1.29 is 4.74 Å². The van der Waals surface area contributed by atoms with Crippen LogP contribution in [-0.4, -0.2) is 21.6 Å². The van der Waals surface area contributed by atoms with Crippen LogP contribution in [0.15, 0.2) is 29.9 Å². The summed E-state index contributed by atoms with van der Waals surface area (Å²) in [6.07, 6.45) is 3.92. The molecule has 2 rings (SSSR count). The van der Waals surface area contributed by atoms with E-state index in [1.165, 1.54) is 17.3 Å². The Bertz CT molecular complexity index is 482. The summed E-state index contributed by atoms with van der Waals surface area (Å²) in [7, 11) is 0. The van der Waals surface area contributed by atoms with Crippen molar-refractivity contribution in [2.45, 2.75) is 6.42 Å². The van der Waals surface area contributed by atoms with Crippen molar-refractivity contribution in [2.24, 2.45) is 5.73 Å². The molecule has 0 aromatic carbocycles. The van der Waals surface area contributed by atoms with Gasteiger partial charge in [-0.3, -0.25) is 0 Å². The van der Waals surface area contributed by atoms with Crippen LogP contribution in [0.1, 0.15) is 10.6 Å². The van der Waals surface area contributed by atoms with Crippen molar-refractivity contribution >= 4 is 28.5 Å². The smallest absolute Gasteiger partial charge is 0.232 e. The number of nitrogens with zero attached hydrogens (tertiary/aromatic N) is 2. The average Bonchev–Trinajstić information content (AvgIpc) is 2.83. The molecule has 0 unspecified atom stereocenters. The molecule has 0 spiro atoms. The fraction of sp³-hybridized carbons (Fsp3) is 0.182. The molecule has 2 N–H and O–H groups in total. The molecule has 0 bridgehead atoms. The molecule has 2 aromatic heterocycles. The summed E-state index contributed by atoms with van der Waals surface area (Å²) in [6.45, 7) is 0.585. The van der Waals surface area contributed by atoms with E-state index in [0.717, 1.165) is 6.42 Å². The van der Waals surface area contributed by atoms with E-state index in [1.54, 1.807) is 11.3 Å². The zero-order chi connectivity index (χ0) is 12.1. The van der Waals surface area contributed by atoms with E-state index < -0.39 is 0 Å². The van der Waals surface area contributed by atoms with Gasteiger partial charge in [0.2, 0.25) is 5.88 Å². The fourth-order valence-electron chi connectivity index (χ4n) is 1.23. The Labute approximate surface area is 108 Å². The van der Waals surface area contributed by atoms with Gasteiger partial charge < -0.3 is 10.5 Å². The largest absolute Gasteiger partial charge is 0.476 e. The minimum absolute atomic E-state index is 0.239. The van der Waals surface area contributed by atoms with Gasteiger partial charge in [-0.2, -0.15) is 0 Å². The van der Waals surface area contributed by atoms with Crippen LogP contribution in [0.2, 0.25) is 0 Å². The van der Waals surface area contributed by atoms with E-state index in [-0.39, 0.29) is 4.99 Å². The van der Waals surface area contributed by atoms with Gasteiger partial charge in [0, 0.05) is 11.3 Å². The maximum absolute atomic E-state index is 5.46. The quantitative estimate of drug-likeness (QED) is 0.835. The Kier molecular flexibility index (Phi) is 4.00. The maximum Gasteiger partial charge on any atom is 0.232 e. The molecule has 6 heteroatoms. The van der Waals surface area contributed by atoms with E-state index >= 15 is 0 Å². The Morgan fingerprint density at radius 3 is 2.88 bits per heavy atom. The summed E-state index contributed by atoms with van der Waals surface area (Å²) in [4.78, 5) is 9.64.